The van der Waals surface area contributed by atoms with Gasteiger partial charge in [-0.25, -0.2) is 0 Å². The van der Waals surface area contributed by atoms with Crippen LogP contribution in [0.25, 0.3) is 0 Å². The van der Waals surface area contributed by atoms with E-state index in [1.165, 1.54) is 0 Å². The normalized spacial score (nSPS) is 12.8. The molecular weight excluding hydrogens is 202 g/mol. The van der Waals surface area contributed by atoms with Crippen LogP contribution < -0.4 is 11.1 Å². The lowest BCUT2D eigenvalue weighted by molar-refractivity contribution is 0.551. The second-order valence-corrected chi connectivity index (χ2v) is 3.88. The second-order valence-electron chi connectivity index (χ2n) is 3.88. The maximum Gasteiger partial charge on any atom is 0.224 e. The quantitative estimate of drug-likeness (QED) is 0.739. The van der Waals surface area contributed by atoms with Crippen LogP contribution in [0.3, 0.4) is 0 Å². The van der Waals surface area contributed by atoms with E-state index in [4.69, 9.17) is 5.73 Å². The van der Waals surface area contributed by atoms with Crippen LogP contribution in [0.5, 0.6) is 0 Å². The lowest BCUT2D eigenvalue weighted by atomic mass is 10.0. The zero-order chi connectivity index (χ0) is 12.0. The van der Waals surface area contributed by atoms with Crippen molar-refractivity contribution in [3.05, 3.63) is 5.82 Å². The Hall–Kier alpha value is -1.10. The average molecular weight is 225 g/mol. The molecule has 1 heterocycles. The summed E-state index contributed by atoms with van der Waals surface area (Å²) in [6, 6.07) is 0. The predicted octanol–water partition coefficient (Wildman–Crippen LogP) is 1.57. The first-order valence-corrected chi connectivity index (χ1v) is 6.15. The zero-order valence-corrected chi connectivity index (χ0v) is 10.5. The maximum atomic E-state index is 5.80. The second kappa shape index (κ2) is 6.48. The summed E-state index contributed by atoms with van der Waals surface area (Å²) >= 11 is 0. The van der Waals surface area contributed by atoms with Crippen LogP contribution >= 0.6 is 0 Å². The van der Waals surface area contributed by atoms with Crippen molar-refractivity contribution < 1.29 is 0 Å². The summed E-state index contributed by atoms with van der Waals surface area (Å²) < 4.78 is 2.12. The van der Waals surface area contributed by atoms with Gasteiger partial charge in [-0.2, -0.15) is 0 Å². The number of nitrogens with zero attached hydrogens (tertiary/aromatic N) is 3. The topological polar surface area (TPSA) is 68.8 Å². The van der Waals surface area contributed by atoms with Crippen molar-refractivity contribution in [3.63, 3.8) is 0 Å². The monoisotopic (exact) mass is 225 g/mol. The molecule has 0 saturated carbocycles. The van der Waals surface area contributed by atoms with Crippen LogP contribution in [0.1, 0.15) is 45.4 Å². The average Bonchev–Trinajstić information content (AvgIpc) is 2.69. The molecule has 3 N–H and O–H groups in total. The Morgan fingerprint density at radius 2 is 2.06 bits per heavy atom. The molecule has 0 amide bonds. The van der Waals surface area contributed by atoms with E-state index in [1.54, 1.807) is 0 Å². The van der Waals surface area contributed by atoms with Gasteiger partial charge in [0.15, 0.2) is 0 Å². The van der Waals surface area contributed by atoms with E-state index in [0.29, 0.717) is 12.5 Å². The highest BCUT2D eigenvalue weighted by Gasteiger charge is 2.18. The third-order valence-corrected chi connectivity index (χ3v) is 2.72. The molecule has 0 bridgehead atoms. The van der Waals surface area contributed by atoms with Crippen molar-refractivity contribution in [2.75, 3.05) is 18.4 Å². The van der Waals surface area contributed by atoms with Crippen LogP contribution in [0.4, 0.5) is 5.95 Å². The first kappa shape index (κ1) is 13.0. The molecule has 0 spiro atoms. The Labute approximate surface area is 97.4 Å². The van der Waals surface area contributed by atoms with Crippen molar-refractivity contribution >= 4 is 5.95 Å². The van der Waals surface area contributed by atoms with E-state index in [9.17, 15) is 0 Å². The van der Waals surface area contributed by atoms with E-state index in [1.807, 2.05) is 0 Å². The highest BCUT2D eigenvalue weighted by atomic mass is 15.3. The SMILES string of the molecule is CCCC(CN)c1nnc(NCC)n1CC. The Bertz CT molecular complexity index is 307. The molecule has 1 unspecified atom stereocenters. The third-order valence-electron chi connectivity index (χ3n) is 2.72. The number of nitrogens with two attached hydrogens (primary N) is 1. The molecule has 1 aromatic rings. The van der Waals surface area contributed by atoms with Gasteiger partial charge in [-0.05, 0) is 20.3 Å². The fourth-order valence-corrected chi connectivity index (χ4v) is 1.92. The van der Waals surface area contributed by atoms with Gasteiger partial charge in [0.2, 0.25) is 5.95 Å². The van der Waals surface area contributed by atoms with Gasteiger partial charge in [-0.15, -0.1) is 10.2 Å². The van der Waals surface area contributed by atoms with Crippen LogP contribution in [0.15, 0.2) is 0 Å². The lowest BCUT2D eigenvalue weighted by Gasteiger charge is -2.15. The molecule has 0 fully saturated rings. The Balaban J connectivity index is 2.93. The minimum Gasteiger partial charge on any atom is -0.355 e. The van der Waals surface area contributed by atoms with E-state index in [-0.39, 0.29) is 0 Å². The van der Waals surface area contributed by atoms with Crippen molar-refractivity contribution in [2.24, 2.45) is 5.73 Å². The molecule has 0 saturated heterocycles. The van der Waals surface area contributed by atoms with E-state index < -0.39 is 0 Å². The molecule has 5 nitrogen and oxygen atoms in total. The summed E-state index contributed by atoms with van der Waals surface area (Å²) in [7, 11) is 0. The summed E-state index contributed by atoms with van der Waals surface area (Å²) in [6.45, 7) is 8.71. The molecule has 16 heavy (non-hydrogen) atoms. The van der Waals surface area contributed by atoms with Gasteiger partial charge in [0.1, 0.15) is 5.82 Å². The lowest BCUT2D eigenvalue weighted by Crippen LogP contribution is -2.18. The smallest absolute Gasteiger partial charge is 0.224 e. The Morgan fingerprint density at radius 1 is 1.31 bits per heavy atom. The number of anilines is 1. The van der Waals surface area contributed by atoms with Gasteiger partial charge in [-0.3, -0.25) is 4.57 Å². The molecule has 0 aliphatic carbocycles. The Kier molecular flexibility index (Phi) is 5.25. The van der Waals surface area contributed by atoms with Crippen molar-refractivity contribution in [1.29, 1.82) is 0 Å². The molecule has 1 atom stereocenters. The molecule has 1 aromatic heterocycles. The number of hydrogen-bond donors (Lipinski definition) is 2. The first-order chi connectivity index (χ1) is 7.78. The van der Waals surface area contributed by atoms with Gasteiger partial charge >= 0.3 is 0 Å². The van der Waals surface area contributed by atoms with E-state index in [0.717, 1.165) is 37.7 Å². The highest BCUT2D eigenvalue weighted by Crippen LogP contribution is 2.20. The maximum absolute atomic E-state index is 5.80. The molecule has 0 radical (unpaired) electrons. The fraction of sp³-hybridized carbons (Fsp3) is 0.818. The van der Waals surface area contributed by atoms with Crippen molar-refractivity contribution in [3.8, 4) is 0 Å². The summed E-state index contributed by atoms with van der Waals surface area (Å²) in [6.07, 6.45) is 2.19. The zero-order valence-electron chi connectivity index (χ0n) is 10.5. The summed E-state index contributed by atoms with van der Waals surface area (Å²) in [5.41, 5.74) is 5.80. The van der Waals surface area contributed by atoms with Gasteiger partial charge in [0, 0.05) is 25.6 Å². The standard InChI is InChI=1S/C11H23N5/c1-4-7-9(8-12)10-14-15-11(13-5-2)16(10)6-3/h9H,4-8,12H2,1-3H3,(H,13,15). The fourth-order valence-electron chi connectivity index (χ4n) is 1.92. The molecule has 92 valence electrons. The molecule has 0 aliphatic rings. The first-order valence-electron chi connectivity index (χ1n) is 6.15. The third kappa shape index (κ3) is 2.72. The number of nitrogens with one attached hydrogen (secondary N) is 1. The largest absolute Gasteiger partial charge is 0.355 e. The minimum absolute atomic E-state index is 0.324. The van der Waals surface area contributed by atoms with Crippen LogP contribution in [-0.4, -0.2) is 27.9 Å². The summed E-state index contributed by atoms with van der Waals surface area (Å²) in [4.78, 5) is 0. The summed E-state index contributed by atoms with van der Waals surface area (Å²) in [5, 5.41) is 11.7. The molecule has 0 aromatic carbocycles. The predicted molar refractivity (Wildman–Crippen MR) is 66.6 cm³/mol. The van der Waals surface area contributed by atoms with Gasteiger partial charge in [-0.1, -0.05) is 13.3 Å². The van der Waals surface area contributed by atoms with Crippen LogP contribution in [0, 0.1) is 0 Å². The van der Waals surface area contributed by atoms with E-state index in [2.05, 4.69) is 40.9 Å². The molecule has 5 heteroatoms. The van der Waals surface area contributed by atoms with Crippen molar-refractivity contribution in [1.82, 2.24) is 14.8 Å². The number of aromatic nitrogens is 3. The summed E-state index contributed by atoms with van der Waals surface area (Å²) in [5.74, 6) is 2.20. The Morgan fingerprint density at radius 3 is 2.56 bits per heavy atom. The molecule has 1 rings (SSSR count). The van der Waals surface area contributed by atoms with Crippen LogP contribution in [-0.2, 0) is 6.54 Å². The van der Waals surface area contributed by atoms with Crippen molar-refractivity contribution in [2.45, 2.75) is 46.1 Å². The highest BCUT2D eigenvalue weighted by molar-refractivity contribution is 5.26. The van der Waals surface area contributed by atoms with Gasteiger partial charge in [0.05, 0.1) is 0 Å². The van der Waals surface area contributed by atoms with Gasteiger partial charge < -0.3 is 11.1 Å². The van der Waals surface area contributed by atoms with Gasteiger partial charge in [0.25, 0.3) is 0 Å². The number of hydrogen-bond acceptors (Lipinski definition) is 4. The molecule has 0 aliphatic heterocycles. The van der Waals surface area contributed by atoms with E-state index >= 15 is 0 Å². The van der Waals surface area contributed by atoms with Crippen LogP contribution in [0.2, 0.25) is 0 Å². The number of rotatable bonds is 7. The molecular formula is C11H23N5. The minimum atomic E-state index is 0.324.